The van der Waals surface area contributed by atoms with Crippen molar-refractivity contribution in [3.8, 4) is 0 Å². The number of hydrogen-bond donors (Lipinski definition) is 1. The van der Waals surface area contributed by atoms with Gasteiger partial charge in [-0.15, -0.1) is 0 Å². The molecule has 78 valence electrons. The molecule has 0 saturated carbocycles. The van der Waals surface area contributed by atoms with Gasteiger partial charge in [0.15, 0.2) is 5.12 Å². The SMILES string of the molecule is CC(C)(C)SC(=O)C[C@@H](O)C(F)F. The number of rotatable bonds is 3. The monoisotopic (exact) mass is 212 g/mol. The molecule has 0 rings (SSSR count). The highest BCUT2D eigenvalue weighted by Crippen LogP contribution is 2.26. The maximum atomic E-state index is 11.8. The highest BCUT2D eigenvalue weighted by Gasteiger charge is 2.24. The van der Waals surface area contributed by atoms with Crippen molar-refractivity contribution in [2.45, 2.75) is 44.5 Å². The molecule has 0 spiro atoms. The summed E-state index contributed by atoms with van der Waals surface area (Å²) in [5, 5.41) is 8.31. The van der Waals surface area contributed by atoms with Crippen LogP contribution in [0.2, 0.25) is 0 Å². The fraction of sp³-hybridized carbons (Fsp3) is 0.875. The zero-order valence-corrected chi connectivity index (χ0v) is 8.70. The predicted octanol–water partition coefficient (Wildman–Crippen LogP) is 2.06. The van der Waals surface area contributed by atoms with Crippen LogP contribution in [0.25, 0.3) is 0 Å². The minimum absolute atomic E-state index is 0.293. The number of aliphatic hydroxyl groups is 1. The number of carbonyl (C=O) groups is 1. The van der Waals surface area contributed by atoms with Crippen molar-refractivity contribution in [3.63, 3.8) is 0 Å². The molecule has 0 heterocycles. The van der Waals surface area contributed by atoms with E-state index < -0.39 is 24.1 Å². The first-order valence-corrected chi connectivity index (χ1v) is 4.72. The van der Waals surface area contributed by atoms with Gasteiger partial charge in [0.05, 0.1) is 0 Å². The van der Waals surface area contributed by atoms with Crippen LogP contribution in [0.4, 0.5) is 8.78 Å². The molecule has 1 atom stereocenters. The molecule has 0 aromatic carbocycles. The van der Waals surface area contributed by atoms with Crippen LogP contribution < -0.4 is 0 Å². The van der Waals surface area contributed by atoms with Gasteiger partial charge in [-0.05, 0) is 0 Å². The van der Waals surface area contributed by atoms with Crippen LogP contribution in [0.15, 0.2) is 0 Å². The summed E-state index contributed by atoms with van der Waals surface area (Å²) in [5.41, 5.74) is 0. The van der Waals surface area contributed by atoms with Gasteiger partial charge in [-0.1, -0.05) is 32.5 Å². The van der Waals surface area contributed by atoms with E-state index in [2.05, 4.69) is 0 Å². The van der Waals surface area contributed by atoms with Gasteiger partial charge in [0.1, 0.15) is 6.10 Å². The minimum Gasteiger partial charge on any atom is -0.387 e. The maximum absolute atomic E-state index is 11.8. The molecular weight excluding hydrogens is 198 g/mol. The van der Waals surface area contributed by atoms with E-state index in [0.717, 1.165) is 11.8 Å². The van der Waals surface area contributed by atoms with E-state index in [4.69, 9.17) is 5.11 Å². The van der Waals surface area contributed by atoms with E-state index in [1.54, 1.807) is 0 Å². The van der Waals surface area contributed by atoms with Crippen molar-refractivity contribution in [2.24, 2.45) is 0 Å². The molecular formula is C8H14F2O2S. The average molecular weight is 212 g/mol. The Bertz CT molecular complexity index is 177. The number of alkyl halides is 2. The first-order chi connectivity index (χ1) is 5.72. The van der Waals surface area contributed by atoms with Crippen LogP contribution in [-0.4, -0.2) is 27.5 Å². The highest BCUT2D eigenvalue weighted by molar-refractivity contribution is 8.14. The lowest BCUT2D eigenvalue weighted by atomic mass is 10.3. The van der Waals surface area contributed by atoms with Gasteiger partial charge in [-0.25, -0.2) is 8.78 Å². The van der Waals surface area contributed by atoms with Crippen molar-refractivity contribution in [3.05, 3.63) is 0 Å². The van der Waals surface area contributed by atoms with Crippen molar-refractivity contribution < 1.29 is 18.7 Å². The largest absolute Gasteiger partial charge is 0.387 e. The van der Waals surface area contributed by atoms with Crippen LogP contribution in [0.1, 0.15) is 27.2 Å². The van der Waals surface area contributed by atoms with Crippen LogP contribution in [0, 0.1) is 0 Å². The van der Waals surface area contributed by atoms with Crippen molar-refractivity contribution in [1.82, 2.24) is 0 Å². The zero-order valence-electron chi connectivity index (χ0n) is 7.88. The second-order valence-corrected chi connectivity index (χ2v) is 5.58. The van der Waals surface area contributed by atoms with Crippen molar-refractivity contribution in [1.29, 1.82) is 0 Å². The summed E-state index contributed by atoms with van der Waals surface area (Å²) in [6.45, 7) is 5.43. The summed E-state index contributed by atoms with van der Waals surface area (Å²) in [6.07, 6.45) is -5.16. The quantitative estimate of drug-likeness (QED) is 0.778. The third kappa shape index (κ3) is 6.95. The first-order valence-electron chi connectivity index (χ1n) is 3.90. The first kappa shape index (κ1) is 12.8. The summed E-state index contributed by atoms with van der Waals surface area (Å²) in [4.78, 5) is 11.0. The van der Waals surface area contributed by atoms with Crippen molar-refractivity contribution in [2.75, 3.05) is 0 Å². The zero-order chi connectivity index (χ0) is 10.6. The summed E-state index contributed by atoms with van der Waals surface area (Å²) in [5.74, 6) is 0. The Morgan fingerprint density at radius 2 is 1.92 bits per heavy atom. The summed E-state index contributed by atoms with van der Waals surface area (Å²) in [7, 11) is 0. The molecule has 2 nitrogen and oxygen atoms in total. The van der Waals surface area contributed by atoms with E-state index in [0.29, 0.717) is 0 Å². The molecule has 0 aliphatic carbocycles. The van der Waals surface area contributed by atoms with Crippen LogP contribution in [0.5, 0.6) is 0 Å². The molecule has 0 bridgehead atoms. The maximum Gasteiger partial charge on any atom is 0.264 e. The number of thioether (sulfide) groups is 1. The summed E-state index contributed by atoms with van der Waals surface area (Å²) in [6, 6.07) is 0. The van der Waals surface area contributed by atoms with Gasteiger partial charge in [0.2, 0.25) is 0 Å². The number of hydrogen-bond acceptors (Lipinski definition) is 3. The Kier molecular flexibility index (Phi) is 4.85. The molecule has 0 saturated heterocycles. The van der Waals surface area contributed by atoms with Crippen LogP contribution in [0.3, 0.4) is 0 Å². The molecule has 1 N–H and O–H groups in total. The molecule has 0 amide bonds. The van der Waals surface area contributed by atoms with E-state index in [1.807, 2.05) is 20.8 Å². The predicted molar refractivity (Wildman–Crippen MR) is 49.0 cm³/mol. The fourth-order valence-corrected chi connectivity index (χ4v) is 1.58. The van der Waals surface area contributed by atoms with Crippen molar-refractivity contribution >= 4 is 16.9 Å². The van der Waals surface area contributed by atoms with Gasteiger partial charge >= 0.3 is 0 Å². The van der Waals surface area contributed by atoms with E-state index in [1.165, 1.54) is 0 Å². The highest BCUT2D eigenvalue weighted by atomic mass is 32.2. The summed E-state index contributed by atoms with van der Waals surface area (Å²) >= 11 is 0.970. The van der Waals surface area contributed by atoms with E-state index in [9.17, 15) is 13.6 Å². The van der Waals surface area contributed by atoms with Gasteiger partial charge in [0.25, 0.3) is 6.43 Å². The normalized spacial score (nSPS) is 14.7. The van der Waals surface area contributed by atoms with Gasteiger partial charge < -0.3 is 5.11 Å². The molecule has 5 heteroatoms. The second kappa shape index (κ2) is 4.91. The lowest BCUT2D eigenvalue weighted by Crippen LogP contribution is -2.22. The number of carbonyl (C=O) groups excluding carboxylic acids is 1. The van der Waals surface area contributed by atoms with Gasteiger partial charge in [0, 0.05) is 11.2 Å². The smallest absolute Gasteiger partial charge is 0.264 e. The molecule has 0 fully saturated rings. The van der Waals surface area contributed by atoms with E-state index >= 15 is 0 Å². The Labute approximate surface area is 80.7 Å². The Balaban J connectivity index is 3.89. The van der Waals surface area contributed by atoms with Crippen LogP contribution >= 0.6 is 11.8 Å². The standard InChI is InChI=1S/C8H14F2O2S/c1-8(2,3)13-6(12)4-5(11)7(9)10/h5,7,11H,4H2,1-3H3/t5-/m1/s1. The lowest BCUT2D eigenvalue weighted by Gasteiger charge is -2.17. The second-order valence-electron chi connectivity index (χ2n) is 3.69. The molecule has 0 radical (unpaired) electrons. The lowest BCUT2D eigenvalue weighted by molar-refractivity contribution is -0.115. The Hall–Kier alpha value is -0.160. The van der Waals surface area contributed by atoms with Crippen LogP contribution in [-0.2, 0) is 4.79 Å². The summed E-state index contributed by atoms with van der Waals surface area (Å²) < 4.78 is 23.3. The number of aliphatic hydroxyl groups excluding tert-OH is 1. The minimum atomic E-state index is -2.84. The fourth-order valence-electron chi connectivity index (χ4n) is 0.643. The molecule has 0 unspecified atom stereocenters. The third-order valence-corrected chi connectivity index (χ3v) is 2.09. The van der Waals surface area contributed by atoms with Gasteiger partial charge in [-0.2, -0.15) is 0 Å². The van der Waals surface area contributed by atoms with Gasteiger partial charge in [-0.3, -0.25) is 4.79 Å². The number of halogens is 2. The molecule has 0 aromatic heterocycles. The van der Waals surface area contributed by atoms with E-state index in [-0.39, 0.29) is 4.75 Å². The molecule has 13 heavy (non-hydrogen) atoms. The average Bonchev–Trinajstić information content (AvgIpc) is 1.81. The Morgan fingerprint density at radius 3 is 2.23 bits per heavy atom. The molecule has 0 aliphatic heterocycles. The topological polar surface area (TPSA) is 37.3 Å². The Morgan fingerprint density at radius 1 is 1.46 bits per heavy atom. The molecule has 0 aliphatic rings. The molecule has 0 aromatic rings. The third-order valence-electron chi connectivity index (χ3n) is 1.09.